The molecule has 1 aliphatic rings. The minimum absolute atomic E-state index is 0.0690. The van der Waals surface area contributed by atoms with Gasteiger partial charge in [0.1, 0.15) is 0 Å². The van der Waals surface area contributed by atoms with Crippen LogP contribution in [0.5, 0.6) is 0 Å². The van der Waals surface area contributed by atoms with E-state index in [1.807, 2.05) is 54.6 Å². The standard InChI is InChI=1S/C24H19N3O2/c28-23(26-21-11-13-25-14-12-21)10-9-17-5-7-18(8-6-17)15-20-16-19-3-1-2-4-22(19)27-24(20)29/h1-15H,16H2,(H,27,29)(H,25,26,28)/b10-9+,20-15+. The maximum absolute atomic E-state index is 12.3. The van der Waals surface area contributed by atoms with Crippen LogP contribution in [0.25, 0.3) is 12.2 Å². The highest BCUT2D eigenvalue weighted by Crippen LogP contribution is 2.26. The van der Waals surface area contributed by atoms with Crippen LogP contribution in [-0.2, 0) is 16.0 Å². The van der Waals surface area contributed by atoms with Gasteiger partial charge in [-0.25, -0.2) is 0 Å². The van der Waals surface area contributed by atoms with Crippen LogP contribution in [0.3, 0.4) is 0 Å². The number of rotatable bonds is 4. The summed E-state index contributed by atoms with van der Waals surface area (Å²) in [5, 5.41) is 5.70. The predicted molar refractivity (Wildman–Crippen MR) is 115 cm³/mol. The molecule has 3 aromatic rings. The van der Waals surface area contributed by atoms with Gasteiger partial charge >= 0.3 is 0 Å². The van der Waals surface area contributed by atoms with Crippen LogP contribution in [0.1, 0.15) is 16.7 Å². The topological polar surface area (TPSA) is 71.1 Å². The van der Waals surface area contributed by atoms with Crippen molar-refractivity contribution in [2.45, 2.75) is 6.42 Å². The van der Waals surface area contributed by atoms with E-state index in [4.69, 9.17) is 0 Å². The summed E-state index contributed by atoms with van der Waals surface area (Å²) >= 11 is 0. The summed E-state index contributed by atoms with van der Waals surface area (Å²) < 4.78 is 0. The molecule has 5 heteroatoms. The normalized spacial score (nSPS) is 14.5. The van der Waals surface area contributed by atoms with Gasteiger partial charge in [0.05, 0.1) is 0 Å². The summed E-state index contributed by atoms with van der Waals surface area (Å²) in [7, 11) is 0. The Bertz CT molecular complexity index is 1100. The Morgan fingerprint density at radius 3 is 2.48 bits per heavy atom. The fourth-order valence-electron chi connectivity index (χ4n) is 3.10. The van der Waals surface area contributed by atoms with Crippen LogP contribution in [0.4, 0.5) is 11.4 Å². The number of hydrogen-bond donors (Lipinski definition) is 2. The number of benzene rings is 2. The lowest BCUT2D eigenvalue weighted by Gasteiger charge is -2.19. The first-order valence-corrected chi connectivity index (χ1v) is 9.26. The largest absolute Gasteiger partial charge is 0.322 e. The molecule has 1 aromatic heterocycles. The van der Waals surface area contributed by atoms with Crippen molar-refractivity contribution < 1.29 is 9.59 Å². The van der Waals surface area contributed by atoms with Crippen molar-refractivity contribution in [2.24, 2.45) is 0 Å². The smallest absolute Gasteiger partial charge is 0.251 e. The SMILES string of the molecule is O=C(/C=C/c1ccc(/C=C2\Cc3ccccc3NC2=O)cc1)Nc1ccncc1. The van der Waals surface area contributed by atoms with Crippen molar-refractivity contribution in [1.29, 1.82) is 0 Å². The van der Waals surface area contributed by atoms with E-state index in [2.05, 4.69) is 15.6 Å². The second-order valence-electron chi connectivity index (χ2n) is 6.68. The maximum atomic E-state index is 12.3. The van der Waals surface area contributed by atoms with Gasteiger partial charge in [0.15, 0.2) is 0 Å². The Labute approximate surface area is 168 Å². The zero-order valence-electron chi connectivity index (χ0n) is 15.6. The second-order valence-corrected chi connectivity index (χ2v) is 6.68. The van der Waals surface area contributed by atoms with E-state index in [0.29, 0.717) is 12.1 Å². The van der Waals surface area contributed by atoms with Crippen molar-refractivity contribution in [3.8, 4) is 0 Å². The van der Waals surface area contributed by atoms with E-state index < -0.39 is 0 Å². The second kappa shape index (κ2) is 8.35. The van der Waals surface area contributed by atoms with Gasteiger partial charge in [-0.3, -0.25) is 14.6 Å². The van der Waals surface area contributed by atoms with Crippen molar-refractivity contribution >= 4 is 35.3 Å². The number of anilines is 2. The van der Waals surface area contributed by atoms with Crippen molar-refractivity contribution in [1.82, 2.24) is 4.98 Å². The van der Waals surface area contributed by atoms with E-state index in [9.17, 15) is 9.59 Å². The van der Waals surface area contributed by atoms with Gasteiger partial charge in [-0.1, -0.05) is 42.5 Å². The van der Waals surface area contributed by atoms with Crippen LogP contribution in [-0.4, -0.2) is 16.8 Å². The van der Waals surface area contributed by atoms with Gasteiger partial charge in [-0.2, -0.15) is 0 Å². The number of fused-ring (bicyclic) bond motifs is 1. The number of amides is 2. The van der Waals surface area contributed by atoms with Gasteiger partial charge in [-0.15, -0.1) is 0 Å². The van der Waals surface area contributed by atoms with E-state index in [1.54, 1.807) is 30.6 Å². The Kier molecular flexibility index (Phi) is 5.29. The van der Waals surface area contributed by atoms with Gasteiger partial charge in [0, 0.05) is 41.8 Å². The Hall–Kier alpha value is -3.99. The molecule has 0 saturated heterocycles. The first-order valence-electron chi connectivity index (χ1n) is 9.26. The summed E-state index contributed by atoms with van der Waals surface area (Å²) in [6.07, 6.45) is 8.99. The van der Waals surface area contributed by atoms with Crippen molar-refractivity contribution in [3.63, 3.8) is 0 Å². The molecule has 0 unspecified atom stereocenters. The van der Waals surface area contributed by atoms with Crippen LogP contribution < -0.4 is 10.6 Å². The molecule has 2 N–H and O–H groups in total. The number of para-hydroxylation sites is 1. The number of carbonyl (C=O) groups excluding carboxylic acids is 2. The number of nitrogens with zero attached hydrogens (tertiary/aromatic N) is 1. The molecular weight excluding hydrogens is 362 g/mol. The number of carbonyl (C=O) groups is 2. The lowest BCUT2D eigenvalue weighted by molar-refractivity contribution is -0.113. The highest BCUT2D eigenvalue weighted by molar-refractivity contribution is 6.09. The molecule has 5 nitrogen and oxygen atoms in total. The van der Waals surface area contributed by atoms with Gasteiger partial charge in [-0.05, 0) is 47.0 Å². The third-order valence-electron chi connectivity index (χ3n) is 4.59. The van der Waals surface area contributed by atoms with E-state index >= 15 is 0 Å². The molecule has 4 rings (SSSR count). The molecule has 29 heavy (non-hydrogen) atoms. The van der Waals surface area contributed by atoms with Crippen LogP contribution in [0, 0.1) is 0 Å². The van der Waals surface area contributed by atoms with Gasteiger partial charge in [0.25, 0.3) is 5.91 Å². The van der Waals surface area contributed by atoms with E-state index in [-0.39, 0.29) is 11.8 Å². The molecule has 0 spiro atoms. The fraction of sp³-hybridized carbons (Fsp3) is 0.0417. The summed E-state index contributed by atoms with van der Waals surface area (Å²) in [5.41, 5.74) is 5.24. The monoisotopic (exact) mass is 381 g/mol. The molecule has 0 aliphatic carbocycles. The minimum Gasteiger partial charge on any atom is -0.322 e. The molecule has 0 saturated carbocycles. The highest BCUT2D eigenvalue weighted by atomic mass is 16.2. The summed E-state index contributed by atoms with van der Waals surface area (Å²) in [6, 6.07) is 19.0. The number of aromatic nitrogens is 1. The molecule has 0 bridgehead atoms. The molecule has 0 radical (unpaired) electrons. The van der Waals surface area contributed by atoms with Crippen LogP contribution in [0.2, 0.25) is 0 Å². The molecule has 1 aliphatic heterocycles. The Balaban J connectivity index is 1.42. The molecule has 2 aromatic carbocycles. The third kappa shape index (κ3) is 4.65. The average molecular weight is 381 g/mol. The quantitative estimate of drug-likeness (QED) is 0.662. The van der Waals surface area contributed by atoms with Crippen molar-refractivity contribution in [2.75, 3.05) is 10.6 Å². The maximum Gasteiger partial charge on any atom is 0.251 e. The first kappa shape index (κ1) is 18.4. The third-order valence-corrected chi connectivity index (χ3v) is 4.59. The zero-order chi connectivity index (χ0) is 20.1. The molecule has 0 fully saturated rings. The summed E-state index contributed by atoms with van der Waals surface area (Å²) in [5.74, 6) is -0.277. The molecular formula is C24H19N3O2. The number of pyridine rings is 1. The average Bonchev–Trinajstić information content (AvgIpc) is 2.74. The lowest BCUT2D eigenvalue weighted by atomic mass is 9.96. The molecule has 2 heterocycles. The summed E-state index contributed by atoms with van der Waals surface area (Å²) in [6.45, 7) is 0. The van der Waals surface area contributed by atoms with Crippen molar-refractivity contribution in [3.05, 3.63) is 101 Å². The van der Waals surface area contributed by atoms with Crippen LogP contribution in [0.15, 0.2) is 84.7 Å². The first-order chi connectivity index (χ1) is 14.2. The predicted octanol–water partition coefficient (Wildman–Crippen LogP) is 4.31. The van der Waals surface area contributed by atoms with Crippen LogP contribution >= 0.6 is 0 Å². The number of nitrogens with one attached hydrogen (secondary N) is 2. The number of hydrogen-bond acceptors (Lipinski definition) is 3. The van der Waals surface area contributed by atoms with E-state index in [1.165, 1.54) is 6.08 Å². The summed E-state index contributed by atoms with van der Waals surface area (Å²) in [4.78, 5) is 28.2. The zero-order valence-corrected chi connectivity index (χ0v) is 15.6. The highest BCUT2D eigenvalue weighted by Gasteiger charge is 2.19. The molecule has 142 valence electrons. The Morgan fingerprint density at radius 1 is 0.966 bits per heavy atom. The Morgan fingerprint density at radius 2 is 1.69 bits per heavy atom. The molecule has 2 amide bonds. The van der Waals surface area contributed by atoms with Gasteiger partial charge < -0.3 is 10.6 Å². The fourth-order valence-corrected chi connectivity index (χ4v) is 3.10. The van der Waals surface area contributed by atoms with Gasteiger partial charge in [0.2, 0.25) is 5.91 Å². The minimum atomic E-state index is -0.208. The van der Waals surface area contributed by atoms with E-state index in [0.717, 1.165) is 28.0 Å². The molecule has 0 atom stereocenters. The lowest BCUT2D eigenvalue weighted by Crippen LogP contribution is -2.21.